The molecule has 0 radical (unpaired) electrons. The van der Waals surface area contributed by atoms with Gasteiger partial charge in [-0.05, 0) is 12.1 Å². The molecule has 0 atom stereocenters. The predicted molar refractivity (Wildman–Crippen MR) is 39.6 cm³/mol. The molecule has 0 spiro atoms. The first kappa shape index (κ1) is 6.88. The minimum Gasteiger partial charge on any atom is -0.432 e. The highest BCUT2D eigenvalue weighted by Crippen LogP contribution is 2.33. The zero-order valence-electron chi connectivity index (χ0n) is 6.06. The quantitative estimate of drug-likeness (QED) is 0.459. The van der Waals surface area contributed by atoms with Crippen LogP contribution in [0.5, 0.6) is 11.5 Å². The van der Waals surface area contributed by atoms with Crippen LogP contribution in [-0.4, -0.2) is 12.5 Å². The first-order valence-corrected chi connectivity index (χ1v) is 3.39. The predicted octanol–water partition coefficient (Wildman–Crippen LogP) is 1.08. The van der Waals surface area contributed by atoms with Gasteiger partial charge in [-0.3, -0.25) is 0 Å². The molecule has 0 bridgehead atoms. The maximum absolute atomic E-state index is 9.86. The van der Waals surface area contributed by atoms with Crippen molar-refractivity contribution < 1.29 is 14.3 Å². The second-order valence-corrected chi connectivity index (χ2v) is 2.21. The molecule has 1 aromatic carbocycles. The Morgan fingerprint density at radius 1 is 1.25 bits per heavy atom. The van der Waals surface area contributed by atoms with E-state index < -0.39 is 6.41 Å². The van der Waals surface area contributed by atoms with Gasteiger partial charge in [0.1, 0.15) is 0 Å². The Bertz CT molecular complexity index is 319. The maximum Gasteiger partial charge on any atom is 0.355 e. The Labute approximate surface area is 68.4 Å². The summed E-state index contributed by atoms with van der Waals surface area (Å²) in [4.78, 5) is 13.1. The van der Waals surface area contributed by atoms with Crippen LogP contribution < -0.4 is 9.47 Å². The molecular formula is C8H5NO3. The number of hydrogen-bond acceptors (Lipinski definition) is 4. The molecule has 4 nitrogen and oxygen atoms in total. The zero-order chi connectivity index (χ0) is 8.39. The van der Waals surface area contributed by atoms with Crippen LogP contribution in [0.1, 0.15) is 0 Å². The number of aliphatic imine (C=N–C) groups is 1. The van der Waals surface area contributed by atoms with E-state index in [1.165, 1.54) is 6.08 Å². The molecule has 0 saturated carbocycles. The molecule has 1 heterocycles. The fraction of sp³-hybridized carbons (Fsp3) is 0.125. The summed E-state index contributed by atoms with van der Waals surface area (Å²) in [5, 5.41) is 0. The molecule has 1 aliphatic rings. The largest absolute Gasteiger partial charge is 0.432 e. The van der Waals surface area contributed by atoms with Crippen molar-refractivity contribution in [3.8, 4) is 11.5 Å². The van der Waals surface area contributed by atoms with E-state index in [0.29, 0.717) is 11.5 Å². The van der Waals surface area contributed by atoms with Crippen molar-refractivity contribution in [1.82, 2.24) is 0 Å². The van der Waals surface area contributed by atoms with Gasteiger partial charge in [-0.15, -0.1) is 4.99 Å². The number of ether oxygens (including phenoxy) is 2. The highest BCUT2D eigenvalue weighted by molar-refractivity contribution is 5.42. The molecule has 12 heavy (non-hydrogen) atoms. The lowest BCUT2D eigenvalue weighted by Gasteiger charge is -1.98. The summed E-state index contributed by atoms with van der Waals surface area (Å²) >= 11 is 0. The normalized spacial score (nSPS) is 14.0. The van der Waals surface area contributed by atoms with E-state index in [9.17, 15) is 4.79 Å². The molecule has 60 valence electrons. The summed E-state index contributed by atoms with van der Waals surface area (Å²) in [5.74, 6) is 1.20. The van der Waals surface area contributed by atoms with Crippen LogP contribution >= 0.6 is 0 Å². The summed E-state index contributed by atoms with van der Waals surface area (Å²) in [6.45, 7) is 0. The number of isocyanates is 1. The van der Waals surface area contributed by atoms with Gasteiger partial charge in [-0.25, -0.2) is 4.79 Å². The van der Waals surface area contributed by atoms with E-state index >= 15 is 0 Å². The molecule has 2 rings (SSSR count). The van der Waals surface area contributed by atoms with E-state index in [1.807, 2.05) is 12.1 Å². The van der Waals surface area contributed by atoms with Crippen LogP contribution in [0.15, 0.2) is 29.3 Å². The summed E-state index contributed by atoms with van der Waals surface area (Å²) in [6.07, 6.45) is 0.508. The lowest BCUT2D eigenvalue weighted by Crippen LogP contribution is -2.13. The van der Waals surface area contributed by atoms with Gasteiger partial charge in [0.2, 0.25) is 6.08 Å². The maximum atomic E-state index is 9.86. The highest BCUT2D eigenvalue weighted by Gasteiger charge is 2.22. The summed E-state index contributed by atoms with van der Waals surface area (Å²) in [7, 11) is 0. The molecule has 0 aromatic heterocycles. The summed E-state index contributed by atoms with van der Waals surface area (Å²) in [5.41, 5.74) is 0. The lowest BCUT2D eigenvalue weighted by molar-refractivity contribution is 0.0586. The van der Waals surface area contributed by atoms with Crippen LogP contribution in [0.4, 0.5) is 0 Å². The van der Waals surface area contributed by atoms with E-state index in [2.05, 4.69) is 4.99 Å². The van der Waals surface area contributed by atoms with Crippen molar-refractivity contribution in [3.63, 3.8) is 0 Å². The molecule has 0 unspecified atom stereocenters. The van der Waals surface area contributed by atoms with Crippen LogP contribution in [0.2, 0.25) is 0 Å². The monoisotopic (exact) mass is 163 g/mol. The zero-order valence-corrected chi connectivity index (χ0v) is 6.06. The molecule has 1 aliphatic heterocycles. The molecule has 0 aliphatic carbocycles. The van der Waals surface area contributed by atoms with Crippen LogP contribution in [0.25, 0.3) is 0 Å². The molecule has 0 saturated heterocycles. The van der Waals surface area contributed by atoms with E-state index in [-0.39, 0.29) is 0 Å². The van der Waals surface area contributed by atoms with Gasteiger partial charge in [0.15, 0.2) is 11.5 Å². The standard InChI is InChI=1S/C8H5NO3/c10-5-9-8-11-6-3-1-2-4-7(6)12-8/h1-4,8H. The van der Waals surface area contributed by atoms with Crippen molar-refractivity contribution in [2.24, 2.45) is 4.99 Å². The van der Waals surface area contributed by atoms with Crippen molar-refractivity contribution in [1.29, 1.82) is 0 Å². The molecule has 0 amide bonds. The Kier molecular flexibility index (Phi) is 1.54. The first-order valence-electron chi connectivity index (χ1n) is 3.39. The Morgan fingerprint density at radius 3 is 2.33 bits per heavy atom. The van der Waals surface area contributed by atoms with Crippen LogP contribution in [0.3, 0.4) is 0 Å². The Hall–Kier alpha value is -1.80. The van der Waals surface area contributed by atoms with Gasteiger partial charge in [0, 0.05) is 0 Å². The van der Waals surface area contributed by atoms with Crippen molar-refractivity contribution in [2.45, 2.75) is 6.41 Å². The average Bonchev–Trinajstić information content (AvgIpc) is 2.47. The van der Waals surface area contributed by atoms with Gasteiger partial charge in [0.05, 0.1) is 0 Å². The second kappa shape index (κ2) is 2.68. The van der Waals surface area contributed by atoms with Gasteiger partial charge in [-0.2, -0.15) is 0 Å². The van der Waals surface area contributed by atoms with Gasteiger partial charge >= 0.3 is 6.41 Å². The fourth-order valence-corrected chi connectivity index (χ4v) is 0.982. The van der Waals surface area contributed by atoms with Crippen molar-refractivity contribution in [3.05, 3.63) is 24.3 Å². The van der Waals surface area contributed by atoms with Crippen molar-refractivity contribution >= 4 is 6.08 Å². The van der Waals surface area contributed by atoms with Crippen LogP contribution in [-0.2, 0) is 4.79 Å². The molecule has 0 fully saturated rings. The topological polar surface area (TPSA) is 47.9 Å². The SMILES string of the molecule is O=C=NC1Oc2ccccc2O1. The minimum absolute atomic E-state index is 0.599. The smallest absolute Gasteiger partial charge is 0.355 e. The Morgan fingerprint density at radius 2 is 1.83 bits per heavy atom. The number of hydrogen-bond donors (Lipinski definition) is 0. The van der Waals surface area contributed by atoms with E-state index in [0.717, 1.165) is 0 Å². The number of carbonyl (C=O) groups excluding carboxylic acids is 1. The van der Waals surface area contributed by atoms with E-state index in [4.69, 9.17) is 9.47 Å². The highest BCUT2D eigenvalue weighted by atomic mass is 16.7. The van der Waals surface area contributed by atoms with Gasteiger partial charge in [0.25, 0.3) is 0 Å². The van der Waals surface area contributed by atoms with Gasteiger partial charge < -0.3 is 9.47 Å². The van der Waals surface area contributed by atoms with Crippen LogP contribution in [0, 0.1) is 0 Å². The molecule has 4 heteroatoms. The number of benzene rings is 1. The minimum atomic E-state index is -0.861. The number of para-hydroxylation sites is 2. The summed E-state index contributed by atoms with van der Waals surface area (Å²) < 4.78 is 10.2. The molecular weight excluding hydrogens is 158 g/mol. The first-order chi connectivity index (χ1) is 5.90. The lowest BCUT2D eigenvalue weighted by atomic mass is 10.3. The number of fused-ring (bicyclic) bond motifs is 1. The number of nitrogens with zero attached hydrogens (tertiary/aromatic N) is 1. The third-order valence-electron chi connectivity index (χ3n) is 1.46. The van der Waals surface area contributed by atoms with Crippen molar-refractivity contribution in [2.75, 3.05) is 0 Å². The fourth-order valence-electron chi connectivity index (χ4n) is 0.982. The van der Waals surface area contributed by atoms with E-state index in [1.54, 1.807) is 12.1 Å². The third-order valence-corrected chi connectivity index (χ3v) is 1.46. The Balaban J connectivity index is 2.27. The molecule has 1 aromatic rings. The average molecular weight is 163 g/mol. The summed E-state index contributed by atoms with van der Waals surface area (Å²) in [6, 6.07) is 7.12. The number of rotatable bonds is 1. The second-order valence-electron chi connectivity index (χ2n) is 2.21. The molecule has 0 N–H and O–H groups in total. The third kappa shape index (κ3) is 1.04. The van der Waals surface area contributed by atoms with Gasteiger partial charge in [-0.1, -0.05) is 12.1 Å².